The first-order chi connectivity index (χ1) is 12.0. The summed E-state index contributed by atoms with van der Waals surface area (Å²) < 4.78 is 1.15. The van der Waals surface area contributed by atoms with Gasteiger partial charge in [0.2, 0.25) is 0 Å². The molecule has 7 heteroatoms. The fourth-order valence-corrected chi connectivity index (χ4v) is 4.13. The van der Waals surface area contributed by atoms with Crippen molar-refractivity contribution in [1.29, 1.82) is 0 Å². The van der Waals surface area contributed by atoms with Crippen molar-refractivity contribution >= 4 is 16.8 Å². The van der Waals surface area contributed by atoms with Gasteiger partial charge in [0.05, 0.1) is 10.9 Å². The van der Waals surface area contributed by atoms with Crippen LogP contribution in [0.5, 0.6) is 0 Å². The number of piperidine rings is 1. The van der Waals surface area contributed by atoms with E-state index >= 15 is 0 Å². The summed E-state index contributed by atoms with van der Waals surface area (Å²) >= 11 is 0. The molecule has 2 saturated heterocycles. The van der Waals surface area contributed by atoms with E-state index in [-0.39, 0.29) is 17.5 Å². The minimum atomic E-state index is -0.451. The number of amides is 1. The Hall–Kier alpha value is -2.41. The van der Waals surface area contributed by atoms with Gasteiger partial charge in [-0.05, 0) is 50.8 Å². The van der Waals surface area contributed by atoms with E-state index in [1.165, 1.54) is 12.8 Å². The van der Waals surface area contributed by atoms with Crippen molar-refractivity contribution < 1.29 is 4.79 Å². The molecule has 2 aromatic rings. The molecule has 2 atom stereocenters. The number of H-pyrrole nitrogens is 1. The molecule has 0 aliphatic carbocycles. The molecule has 2 fully saturated rings. The number of carbonyl (C=O) groups excluding carboxylic acids is 1. The monoisotopic (exact) mass is 342 g/mol. The topological polar surface area (TPSA) is 96.0 Å². The van der Waals surface area contributed by atoms with Crippen LogP contribution in [0.25, 0.3) is 10.9 Å². The van der Waals surface area contributed by atoms with Crippen molar-refractivity contribution in [2.24, 2.45) is 0 Å². The first-order valence-electron chi connectivity index (χ1n) is 8.89. The van der Waals surface area contributed by atoms with Gasteiger partial charge in [-0.15, -0.1) is 0 Å². The Balaban J connectivity index is 1.60. The molecule has 3 heterocycles. The number of nitrogens with zero attached hydrogens (tertiary/aromatic N) is 1. The molecule has 25 heavy (non-hydrogen) atoms. The van der Waals surface area contributed by atoms with Crippen molar-refractivity contribution in [3.8, 4) is 0 Å². The van der Waals surface area contributed by atoms with E-state index in [4.69, 9.17) is 0 Å². The number of benzene rings is 1. The lowest BCUT2D eigenvalue weighted by atomic mass is 9.99. The van der Waals surface area contributed by atoms with Crippen molar-refractivity contribution in [2.45, 2.75) is 57.3 Å². The number of hydrogen-bond donors (Lipinski definition) is 3. The minimum Gasteiger partial charge on any atom is -0.349 e. The quantitative estimate of drug-likeness (QED) is 0.766. The maximum atomic E-state index is 12.6. The summed E-state index contributed by atoms with van der Waals surface area (Å²) in [7, 11) is 0. The maximum Gasteiger partial charge on any atom is 0.328 e. The lowest BCUT2D eigenvalue weighted by Gasteiger charge is -2.29. The number of nitrogens with one attached hydrogen (secondary N) is 3. The summed E-state index contributed by atoms with van der Waals surface area (Å²) in [6.45, 7) is 2.06. The molecule has 1 aromatic carbocycles. The van der Waals surface area contributed by atoms with E-state index in [0.717, 1.165) is 17.4 Å². The number of aromatic nitrogens is 2. The largest absolute Gasteiger partial charge is 0.349 e. The van der Waals surface area contributed by atoms with Gasteiger partial charge in [-0.25, -0.2) is 4.79 Å². The van der Waals surface area contributed by atoms with Crippen LogP contribution in [0, 0.1) is 0 Å². The normalized spacial score (nSPS) is 25.2. The van der Waals surface area contributed by atoms with Crippen LogP contribution in [0.4, 0.5) is 0 Å². The van der Waals surface area contributed by atoms with Crippen LogP contribution in [0.1, 0.15) is 43.0 Å². The Bertz CT molecular complexity index is 933. The van der Waals surface area contributed by atoms with Crippen LogP contribution >= 0.6 is 0 Å². The average molecular weight is 342 g/mol. The first-order valence-corrected chi connectivity index (χ1v) is 8.89. The molecule has 3 N–H and O–H groups in total. The van der Waals surface area contributed by atoms with Crippen LogP contribution in [0.2, 0.25) is 0 Å². The summed E-state index contributed by atoms with van der Waals surface area (Å²) in [6.07, 6.45) is 4.26. The van der Waals surface area contributed by atoms with Crippen molar-refractivity contribution in [2.75, 3.05) is 0 Å². The van der Waals surface area contributed by atoms with E-state index < -0.39 is 5.69 Å². The highest BCUT2D eigenvalue weighted by Gasteiger charge is 2.34. The highest BCUT2D eigenvalue weighted by molar-refractivity contribution is 5.97. The van der Waals surface area contributed by atoms with Gasteiger partial charge in [-0.3, -0.25) is 14.2 Å². The lowest BCUT2D eigenvalue weighted by molar-refractivity contribution is 0.0924. The van der Waals surface area contributed by atoms with E-state index in [2.05, 4.69) is 15.6 Å². The number of aromatic amines is 1. The van der Waals surface area contributed by atoms with Gasteiger partial charge in [0.1, 0.15) is 0 Å². The van der Waals surface area contributed by atoms with Crippen LogP contribution in [0.15, 0.2) is 27.8 Å². The molecular weight excluding hydrogens is 320 g/mol. The second kappa shape index (κ2) is 6.15. The van der Waals surface area contributed by atoms with Gasteiger partial charge in [0.15, 0.2) is 0 Å². The molecule has 1 amide bonds. The van der Waals surface area contributed by atoms with Gasteiger partial charge in [0.25, 0.3) is 11.5 Å². The second-order valence-corrected chi connectivity index (χ2v) is 7.02. The third-order valence-electron chi connectivity index (χ3n) is 5.37. The molecule has 0 spiro atoms. The highest BCUT2D eigenvalue weighted by atomic mass is 16.2. The number of rotatable bonds is 3. The summed E-state index contributed by atoms with van der Waals surface area (Å²) in [6, 6.07) is 6.03. The van der Waals surface area contributed by atoms with Crippen LogP contribution < -0.4 is 21.9 Å². The van der Waals surface area contributed by atoms with Crippen molar-refractivity contribution in [1.82, 2.24) is 20.2 Å². The predicted molar refractivity (Wildman–Crippen MR) is 94.9 cm³/mol. The van der Waals surface area contributed by atoms with E-state index in [1.54, 1.807) is 25.1 Å². The summed E-state index contributed by atoms with van der Waals surface area (Å²) in [4.78, 5) is 39.5. The summed E-state index contributed by atoms with van der Waals surface area (Å²) in [5.74, 6) is -0.159. The molecule has 0 radical (unpaired) electrons. The molecule has 4 rings (SSSR count). The van der Waals surface area contributed by atoms with Gasteiger partial charge in [0, 0.05) is 30.2 Å². The Morgan fingerprint density at radius 2 is 1.96 bits per heavy atom. The molecule has 2 aliphatic heterocycles. The lowest BCUT2D eigenvalue weighted by Crippen LogP contribution is -2.48. The zero-order chi connectivity index (χ0) is 17.6. The SMILES string of the molecule is CCn1c(=O)[nH]c2cc(C(=O)NC3CC4CCC(C3)N4)ccc2c1=O. The van der Waals surface area contributed by atoms with Gasteiger partial charge in [-0.1, -0.05) is 0 Å². The number of carbonyl (C=O) groups is 1. The fourth-order valence-electron chi connectivity index (χ4n) is 4.13. The first kappa shape index (κ1) is 16.1. The zero-order valence-electron chi connectivity index (χ0n) is 14.2. The predicted octanol–water partition coefficient (Wildman–Crippen LogP) is 0.722. The second-order valence-electron chi connectivity index (χ2n) is 7.02. The highest BCUT2D eigenvalue weighted by Crippen LogP contribution is 2.27. The molecule has 7 nitrogen and oxygen atoms in total. The summed E-state index contributed by atoms with van der Waals surface area (Å²) in [5.41, 5.74) is 0.0797. The smallest absolute Gasteiger partial charge is 0.328 e. The van der Waals surface area contributed by atoms with E-state index in [9.17, 15) is 14.4 Å². The van der Waals surface area contributed by atoms with Gasteiger partial charge >= 0.3 is 5.69 Å². The molecule has 132 valence electrons. The van der Waals surface area contributed by atoms with Gasteiger partial charge in [-0.2, -0.15) is 0 Å². The number of hydrogen-bond acceptors (Lipinski definition) is 4. The molecule has 2 unspecified atom stereocenters. The van der Waals surface area contributed by atoms with Crippen molar-refractivity contribution in [3.05, 3.63) is 44.6 Å². The standard InChI is InChI=1S/C18H22N4O3/c1-2-22-17(24)14-6-3-10(7-15(14)21-18(22)25)16(23)20-13-8-11-4-5-12(9-13)19-11/h3,6-7,11-13,19H,2,4-5,8-9H2,1H3,(H,20,23)(H,21,25). The van der Waals surface area contributed by atoms with Crippen LogP contribution in [0.3, 0.4) is 0 Å². The Labute approximate surface area is 144 Å². The molecular formula is C18H22N4O3. The Kier molecular flexibility index (Phi) is 3.95. The Morgan fingerprint density at radius 1 is 1.24 bits per heavy atom. The van der Waals surface area contributed by atoms with E-state index in [0.29, 0.717) is 35.1 Å². The third kappa shape index (κ3) is 2.89. The summed E-state index contributed by atoms with van der Waals surface area (Å²) in [5, 5.41) is 7.07. The number of fused-ring (bicyclic) bond motifs is 3. The fraction of sp³-hybridized carbons (Fsp3) is 0.500. The zero-order valence-corrected chi connectivity index (χ0v) is 14.2. The van der Waals surface area contributed by atoms with Crippen LogP contribution in [-0.2, 0) is 6.54 Å². The van der Waals surface area contributed by atoms with Crippen LogP contribution in [-0.4, -0.2) is 33.6 Å². The molecule has 0 saturated carbocycles. The van der Waals surface area contributed by atoms with Crippen molar-refractivity contribution in [3.63, 3.8) is 0 Å². The maximum absolute atomic E-state index is 12.6. The van der Waals surface area contributed by atoms with Gasteiger partial charge < -0.3 is 15.6 Å². The minimum absolute atomic E-state index is 0.159. The molecule has 1 aromatic heterocycles. The average Bonchev–Trinajstić information content (AvgIpc) is 2.93. The molecule has 2 bridgehead atoms. The van der Waals surface area contributed by atoms with E-state index in [1.807, 2.05) is 0 Å². The Morgan fingerprint density at radius 3 is 2.64 bits per heavy atom. The third-order valence-corrected chi connectivity index (χ3v) is 5.37. The molecule has 2 aliphatic rings.